The molecule has 0 bridgehead atoms. The molecule has 0 radical (unpaired) electrons. The molecule has 1 aliphatic carbocycles. The van der Waals surface area contributed by atoms with Crippen molar-refractivity contribution < 1.29 is 9.90 Å². The van der Waals surface area contributed by atoms with E-state index in [0.29, 0.717) is 5.82 Å². The summed E-state index contributed by atoms with van der Waals surface area (Å²) in [6, 6.07) is 1.47. The van der Waals surface area contributed by atoms with Crippen molar-refractivity contribution in [2.75, 3.05) is 11.9 Å². The highest BCUT2D eigenvalue weighted by molar-refractivity contribution is 6.33. The van der Waals surface area contributed by atoms with Gasteiger partial charge in [-0.15, -0.1) is 0 Å². The van der Waals surface area contributed by atoms with Crippen molar-refractivity contribution in [1.82, 2.24) is 4.98 Å². The third kappa shape index (κ3) is 2.59. The predicted octanol–water partition coefficient (Wildman–Crippen LogP) is 2.26. The highest BCUT2D eigenvalue weighted by Crippen LogP contribution is 2.29. The van der Waals surface area contributed by atoms with Crippen LogP contribution in [0.4, 0.5) is 5.82 Å². The molecule has 1 saturated carbocycles. The Morgan fingerprint density at radius 3 is 3.00 bits per heavy atom. The number of aromatic nitrogens is 1. The van der Waals surface area contributed by atoms with E-state index in [0.717, 1.165) is 12.5 Å². The third-order valence-electron chi connectivity index (χ3n) is 2.35. The Morgan fingerprint density at radius 1 is 1.67 bits per heavy atom. The van der Waals surface area contributed by atoms with Crippen LogP contribution in [-0.4, -0.2) is 22.6 Å². The van der Waals surface area contributed by atoms with Crippen LogP contribution < -0.4 is 5.32 Å². The van der Waals surface area contributed by atoms with Gasteiger partial charge in [0.1, 0.15) is 5.82 Å². The second kappa shape index (κ2) is 4.06. The molecule has 80 valence electrons. The van der Waals surface area contributed by atoms with Crippen LogP contribution in [0.25, 0.3) is 0 Å². The zero-order valence-corrected chi connectivity index (χ0v) is 8.79. The summed E-state index contributed by atoms with van der Waals surface area (Å²) in [6.07, 6.45) is 3.85. The number of nitrogens with zero attached hydrogens (tertiary/aromatic N) is 1. The fourth-order valence-corrected chi connectivity index (χ4v) is 1.45. The molecular formula is C10H11ClN2O2. The summed E-state index contributed by atoms with van der Waals surface area (Å²) in [5, 5.41) is 12.1. The van der Waals surface area contributed by atoms with Crippen LogP contribution in [-0.2, 0) is 0 Å². The summed E-state index contributed by atoms with van der Waals surface area (Å²) in [7, 11) is 0. The molecular weight excluding hydrogens is 216 g/mol. The highest BCUT2D eigenvalue weighted by Gasteiger charge is 2.21. The summed E-state index contributed by atoms with van der Waals surface area (Å²) < 4.78 is 0. The van der Waals surface area contributed by atoms with Crippen molar-refractivity contribution in [2.45, 2.75) is 12.8 Å². The van der Waals surface area contributed by atoms with Gasteiger partial charge >= 0.3 is 5.97 Å². The lowest BCUT2D eigenvalue weighted by Crippen LogP contribution is -2.07. The molecule has 1 fully saturated rings. The van der Waals surface area contributed by atoms with Crippen LogP contribution in [0.15, 0.2) is 12.3 Å². The Bertz CT molecular complexity index is 391. The molecule has 1 aromatic heterocycles. The lowest BCUT2D eigenvalue weighted by Gasteiger charge is -2.05. The number of aromatic carboxylic acids is 1. The summed E-state index contributed by atoms with van der Waals surface area (Å²) in [5.74, 6) is 0.260. The molecule has 2 rings (SSSR count). The van der Waals surface area contributed by atoms with Crippen molar-refractivity contribution >= 4 is 23.4 Å². The molecule has 0 aromatic carbocycles. The van der Waals surface area contributed by atoms with Gasteiger partial charge in [0.15, 0.2) is 0 Å². The summed E-state index contributed by atoms with van der Waals surface area (Å²) in [6.45, 7) is 0.855. The number of halogens is 1. The molecule has 4 nitrogen and oxygen atoms in total. The van der Waals surface area contributed by atoms with Crippen molar-refractivity contribution in [2.24, 2.45) is 5.92 Å². The number of carboxylic acids is 1. The van der Waals surface area contributed by atoms with Gasteiger partial charge in [0, 0.05) is 12.7 Å². The molecule has 0 aliphatic heterocycles. The summed E-state index contributed by atoms with van der Waals surface area (Å²) in [5.41, 5.74) is 0.0879. The van der Waals surface area contributed by atoms with E-state index in [1.165, 1.54) is 25.1 Å². The van der Waals surface area contributed by atoms with E-state index in [9.17, 15) is 4.79 Å². The fourth-order valence-electron chi connectivity index (χ4n) is 1.27. The number of rotatable bonds is 4. The van der Waals surface area contributed by atoms with E-state index in [4.69, 9.17) is 16.7 Å². The van der Waals surface area contributed by atoms with E-state index in [2.05, 4.69) is 10.3 Å². The maximum atomic E-state index is 10.8. The minimum Gasteiger partial charge on any atom is -0.478 e. The second-order valence-corrected chi connectivity index (χ2v) is 4.09. The number of hydrogen-bond donors (Lipinski definition) is 2. The minimum absolute atomic E-state index is 0.0879. The van der Waals surface area contributed by atoms with Crippen molar-refractivity contribution in [3.8, 4) is 0 Å². The number of anilines is 1. The standard InChI is InChI=1S/C10H11ClN2O2/c11-8-5-13-9(3-7(8)10(14)15)12-4-6-1-2-6/h3,5-6H,1-2,4H2,(H,12,13)(H,14,15). The van der Waals surface area contributed by atoms with Gasteiger partial charge in [0.25, 0.3) is 0 Å². The topological polar surface area (TPSA) is 62.2 Å². The predicted molar refractivity (Wildman–Crippen MR) is 57.4 cm³/mol. The molecule has 2 N–H and O–H groups in total. The van der Waals surface area contributed by atoms with E-state index < -0.39 is 5.97 Å². The number of pyridine rings is 1. The number of nitrogens with one attached hydrogen (secondary N) is 1. The third-order valence-corrected chi connectivity index (χ3v) is 2.66. The Balaban J connectivity index is 2.10. The molecule has 1 aliphatic rings. The lowest BCUT2D eigenvalue weighted by atomic mass is 10.2. The maximum absolute atomic E-state index is 10.8. The first-order valence-corrected chi connectivity index (χ1v) is 5.17. The van der Waals surface area contributed by atoms with Crippen LogP contribution in [0.2, 0.25) is 5.02 Å². The van der Waals surface area contributed by atoms with Crippen LogP contribution >= 0.6 is 11.6 Å². The first-order valence-electron chi connectivity index (χ1n) is 4.79. The molecule has 1 aromatic rings. The van der Waals surface area contributed by atoms with E-state index in [-0.39, 0.29) is 10.6 Å². The van der Waals surface area contributed by atoms with Gasteiger partial charge in [0.05, 0.1) is 10.6 Å². The van der Waals surface area contributed by atoms with Crippen molar-refractivity contribution in [1.29, 1.82) is 0 Å². The SMILES string of the molecule is O=C(O)c1cc(NCC2CC2)ncc1Cl. The molecule has 1 heterocycles. The van der Waals surface area contributed by atoms with Crippen LogP contribution in [0.1, 0.15) is 23.2 Å². The summed E-state index contributed by atoms with van der Waals surface area (Å²) in [4.78, 5) is 14.8. The Labute approximate surface area is 92.3 Å². The molecule has 0 spiro atoms. The monoisotopic (exact) mass is 226 g/mol. The average molecular weight is 227 g/mol. The van der Waals surface area contributed by atoms with Crippen LogP contribution in [0.5, 0.6) is 0 Å². The molecule has 0 atom stereocenters. The van der Waals surface area contributed by atoms with Gasteiger partial charge < -0.3 is 10.4 Å². The molecule has 5 heteroatoms. The van der Waals surface area contributed by atoms with E-state index >= 15 is 0 Å². The number of hydrogen-bond acceptors (Lipinski definition) is 3. The quantitative estimate of drug-likeness (QED) is 0.827. The van der Waals surface area contributed by atoms with Gasteiger partial charge in [-0.25, -0.2) is 9.78 Å². The van der Waals surface area contributed by atoms with E-state index in [1.54, 1.807) is 0 Å². The molecule has 0 saturated heterocycles. The Hall–Kier alpha value is -1.29. The van der Waals surface area contributed by atoms with Gasteiger partial charge in [-0.3, -0.25) is 0 Å². The lowest BCUT2D eigenvalue weighted by molar-refractivity contribution is 0.0697. The van der Waals surface area contributed by atoms with Crippen LogP contribution in [0.3, 0.4) is 0 Å². The second-order valence-electron chi connectivity index (χ2n) is 3.68. The van der Waals surface area contributed by atoms with Gasteiger partial charge in [-0.05, 0) is 24.8 Å². The average Bonchev–Trinajstić information content (AvgIpc) is 3.00. The zero-order chi connectivity index (χ0) is 10.8. The van der Waals surface area contributed by atoms with Crippen molar-refractivity contribution in [3.63, 3.8) is 0 Å². The van der Waals surface area contributed by atoms with Crippen LogP contribution in [0, 0.1) is 5.92 Å². The molecule has 15 heavy (non-hydrogen) atoms. The molecule has 0 amide bonds. The normalized spacial score (nSPS) is 15.0. The fraction of sp³-hybridized carbons (Fsp3) is 0.400. The maximum Gasteiger partial charge on any atom is 0.337 e. The van der Waals surface area contributed by atoms with Gasteiger partial charge in [-0.1, -0.05) is 11.6 Å². The van der Waals surface area contributed by atoms with E-state index in [1.807, 2.05) is 0 Å². The van der Waals surface area contributed by atoms with Gasteiger partial charge in [0.2, 0.25) is 0 Å². The minimum atomic E-state index is -1.03. The summed E-state index contributed by atoms with van der Waals surface area (Å²) >= 11 is 5.70. The first-order chi connectivity index (χ1) is 7.16. The Morgan fingerprint density at radius 2 is 2.40 bits per heavy atom. The van der Waals surface area contributed by atoms with Crippen molar-refractivity contribution in [3.05, 3.63) is 22.8 Å². The highest BCUT2D eigenvalue weighted by atomic mass is 35.5. The first kappa shape index (κ1) is 10.2. The largest absolute Gasteiger partial charge is 0.478 e. The molecule has 0 unspecified atom stereocenters. The number of carbonyl (C=O) groups is 1. The van der Waals surface area contributed by atoms with Gasteiger partial charge in [-0.2, -0.15) is 0 Å². The Kier molecular flexibility index (Phi) is 2.77. The smallest absolute Gasteiger partial charge is 0.337 e. The number of carboxylic acid groups (broad SMARTS) is 1. The zero-order valence-electron chi connectivity index (χ0n) is 8.03.